The zero-order valence-corrected chi connectivity index (χ0v) is 13.0. The van der Waals surface area contributed by atoms with Crippen molar-refractivity contribution < 1.29 is 4.42 Å². The highest BCUT2D eigenvalue weighted by Gasteiger charge is 2.13. The van der Waals surface area contributed by atoms with Crippen LogP contribution in [0.5, 0.6) is 0 Å². The normalized spacial score (nSPS) is 13.6. The van der Waals surface area contributed by atoms with Gasteiger partial charge in [0.2, 0.25) is 0 Å². The zero-order valence-electron chi connectivity index (χ0n) is 13.0. The number of aromatic nitrogens is 2. The molecule has 21 heavy (non-hydrogen) atoms. The first-order chi connectivity index (χ1) is 10.0. The second-order valence-electron chi connectivity index (χ2n) is 6.36. The van der Waals surface area contributed by atoms with Gasteiger partial charge in [0.1, 0.15) is 11.3 Å². The van der Waals surface area contributed by atoms with Crippen LogP contribution in [0.3, 0.4) is 0 Å². The van der Waals surface area contributed by atoms with Crippen LogP contribution in [0.4, 0.5) is 0 Å². The fourth-order valence-electron chi connectivity index (χ4n) is 2.71. The standard InChI is InChI=1S/C17H23N3O/c1-11(2)4-6-14-8-15-16(21-14)7-5-13-9-19-20(17(13)15)10-12(3)18/h5,7-9,11-12H,4,6,10,18H2,1-3H3. The summed E-state index contributed by atoms with van der Waals surface area (Å²) in [7, 11) is 0. The van der Waals surface area contributed by atoms with Crippen molar-refractivity contribution in [2.75, 3.05) is 0 Å². The molecule has 0 aliphatic heterocycles. The number of nitrogens with zero attached hydrogens (tertiary/aromatic N) is 2. The van der Waals surface area contributed by atoms with Gasteiger partial charge in [-0.1, -0.05) is 13.8 Å². The minimum atomic E-state index is 0.0793. The number of rotatable bonds is 5. The van der Waals surface area contributed by atoms with Gasteiger partial charge in [-0.3, -0.25) is 4.68 Å². The Morgan fingerprint density at radius 1 is 1.29 bits per heavy atom. The van der Waals surface area contributed by atoms with Crippen molar-refractivity contribution in [1.82, 2.24) is 9.78 Å². The van der Waals surface area contributed by atoms with Gasteiger partial charge in [-0.15, -0.1) is 0 Å². The van der Waals surface area contributed by atoms with E-state index in [1.165, 1.54) is 0 Å². The lowest BCUT2D eigenvalue weighted by Gasteiger charge is -2.06. The van der Waals surface area contributed by atoms with E-state index in [-0.39, 0.29) is 6.04 Å². The van der Waals surface area contributed by atoms with E-state index in [9.17, 15) is 0 Å². The SMILES string of the molecule is CC(C)CCc1cc2c(ccc3cnn(CC(C)N)c32)o1. The first-order valence-electron chi connectivity index (χ1n) is 7.67. The van der Waals surface area contributed by atoms with Crippen molar-refractivity contribution >= 4 is 21.9 Å². The van der Waals surface area contributed by atoms with Crippen molar-refractivity contribution in [3.63, 3.8) is 0 Å². The number of nitrogens with two attached hydrogens (primary N) is 1. The molecule has 4 nitrogen and oxygen atoms in total. The summed E-state index contributed by atoms with van der Waals surface area (Å²) in [6.07, 6.45) is 4.02. The molecule has 0 amide bonds. The Bertz CT molecular complexity index is 752. The lowest BCUT2D eigenvalue weighted by atomic mass is 10.1. The molecular formula is C17H23N3O. The van der Waals surface area contributed by atoms with Gasteiger partial charge in [-0.05, 0) is 37.5 Å². The largest absolute Gasteiger partial charge is 0.461 e. The number of hydrogen-bond acceptors (Lipinski definition) is 3. The van der Waals surface area contributed by atoms with Gasteiger partial charge in [0, 0.05) is 23.2 Å². The highest BCUT2D eigenvalue weighted by atomic mass is 16.3. The highest BCUT2D eigenvalue weighted by molar-refractivity contribution is 6.03. The van der Waals surface area contributed by atoms with E-state index in [4.69, 9.17) is 10.2 Å². The summed E-state index contributed by atoms with van der Waals surface area (Å²) in [5.74, 6) is 1.74. The molecule has 0 aliphatic carbocycles. The first-order valence-corrected chi connectivity index (χ1v) is 7.67. The number of fused-ring (bicyclic) bond motifs is 3. The van der Waals surface area contributed by atoms with Gasteiger partial charge >= 0.3 is 0 Å². The maximum absolute atomic E-state index is 5.98. The van der Waals surface area contributed by atoms with Gasteiger partial charge in [-0.25, -0.2) is 0 Å². The number of benzene rings is 1. The van der Waals surface area contributed by atoms with Crippen LogP contribution in [-0.4, -0.2) is 15.8 Å². The smallest absolute Gasteiger partial charge is 0.136 e. The Morgan fingerprint density at radius 3 is 2.81 bits per heavy atom. The summed E-state index contributed by atoms with van der Waals surface area (Å²) in [6.45, 7) is 7.18. The molecule has 0 radical (unpaired) electrons. The molecule has 3 rings (SSSR count). The Kier molecular flexibility index (Phi) is 3.72. The topological polar surface area (TPSA) is 57.0 Å². The number of hydrogen-bond donors (Lipinski definition) is 1. The van der Waals surface area contributed by atoms with E-state index in [0.717, 1.165) is 47.0 Å². The number of aryl methyl sites for hydroxylation is 1. The van der Waals surface area contributed by atoms with E-state index in [1.54, 1.807) is 0 Å². The molecule has 1 unspecified atom stereocenters. The van der Waals surface area contributed by atoms with Crippen LogP contribution in [0.25, 0.3) is 21.9 Å². The van der Waals surface area contributed by atoms with E-state index in [2.05, 4.69) is 31.1 Å². The lowest BCUT2D eigenvalue weighted by Crippen LogP contribution is -2.22. The van der Waals surface area contributed by atoms with Crippen LogP contribution in [0.1, 0.15) is 33.0 Å². The maximum atomic E-state index is 5.98. The Labute approximate surface area is 124 Å². The molecule has 0 fully saturated rings. The molecule has 1 aromatic carbocycles. The van der Waals surface area contributed by atoms with Gasteiger partial charge in [0.05, 0.1) is 18.3 Å². The van der Waals surface area contributed by atoms with Crippen molar-refractivity contribution in [2.24, 2.45) is 11.7 Å². The molecule has 2 heterocycles. The molecular weight excluding hydrogens is 262 g/mol. The summed E-state index contributed by atoms with van der Waals surface area (Å²) >= 11 is 0. The predicted molar refractivity (Wildman–Crippen MR) is 86.3 cm³/mol. The number of furan rings is 1. The molecule has 2 aromatic heterocycles. The van der Waals surface area contributed by atoms with Crippen LogP contribution in [0.15, 0.2) is 28.8 Å². The van der Waals surface area contributed by atoms with Crippen LogP contribution < -0.4 is 5.73 Å². The lowest BCUT2D eigenvalue weighted by molar-refractivity contribution is 0.499. The van der Waals surface area contributed by atoms with Crippen LogP contribution in [0.2, 0.25) is 0 Å². The summed E-state index contributed by atoms with van der Waals surface area (Å²) < 4.78 is 7.97. The van der Waals surface area contributed by atoms with Crippen LogP contribution in [0, 0.1) is 5.92 Å². The third kappa shape index (κ3) is 2.81. The third-order valence-electron chi connectivity index (χ3n) is 3.78. The van der Waals surface area contributed by atoms with Crippen molar-refractivity contribution in [3.05, 3.63) is 30.2 Å². The minimum absolute atomic E-state index is 0.0793. The van der Waals surface area contributed by atoms with Gasteiger partial charge < -0.3 is 10.2 Å². The summed E-state index contributed by atoms with van der Waals surface area (Å²) in [4.78, 5) is 0. The average molecular weight is 285 g/mol. The van der Waals surface area contributed by atoms with E-state index in [0.29, 0.717) is 5.92 Å². The van der Waals surface area contributed by atoms with E-state index in [1.807, 2.05) is 23.9 Å². The zero-order chi connectivity index (χ0) is 15.0. The highest BCUT2D eigenvalue weighted by Crippen LogP contribution is 2.29. The fourth-order valence-corrected chi connectivity index (χ4v) is 2.71. The molecule has 0 spiro atoms. The van der Waals surface area contributed by atoms with E-state index < -0.39 is 0 Å². The molecule has 1 atom stereocenters. The third-order valence-corrected chi connectivity index (χ3v) is 3.78. The average Bonchev–Trinajstić information content (AvgIpc) is 2.98. The second-order valence-corrected chi connectivity index (χ2v) is 6.36. The molecule has 0 aliphatic rings. The van der Waals surface area contributed by atoms with Gasteiger partial charge in [-0.2, -0.15) is 5.10 Å². The Balaban J connectivity index is 2.06. The Hall–Kier alpha value is -1.81. The van der Waals surface area contributed by atoms with Crippen LogP contribution >= 0.6 is 0 Å². The molecule has 2 N–H and O–H groups in total. The van der Waals surface area contributed by atoms with Gasteiger partial charge in [0.25, 0.3) is 0 Å². The minimum Gasteiger partial charge on any atom is -0.461 e. The molecule has 112 valence electrons. The van der Waals surface area contributed by atoms with Crippen molar-refractivity contribution in [1.29, 1.82) is 0 Å². The van der Waals surface area contributed by atoms with Gasteiger partial charge in [0.15, 0.2) is 0 Å². The monoisotopic (exact) mass is 285 g/mol. The van der Waals surface area contributed by atoms with Crippen molar-refractivity contribution in [2.45, 2.75) is 46.2 Å². The molecule has 3 aromatic rings. The summed E-state index contributed by atoms with van der Waals surface area (Å²) in [6, 6.07) is 6.35. The fraction of sp³-hybridized carbons (Fsp3) is 0.471. The summed E-state index contributed by atoms with van der Waals surface area (Å²) in [5.41, 5.74) is 7.99. The summed E-state index contributed by atoms with van der Waals surface area (Å²) in [5, 5.41) is 6.75. The van der Waals surface area contributed by atoms with Crippen LogP contribution in [-0.2, 0) is 13.0 Å². The second kappa shape index (κ2) is 5.53. The predicted octanol–water partition coefficient (Wildman–Crippen LogP) is 3.72. The molecule has 0 saturated heterocycles. The quantitative estimate of drug-likeness (QED) is 0.777. The molecule has 0 saturated carbocycles. The van der Waals surface area contributed by atoms with Crippen molar-refractivity contribution in [3.8, 4) is 0 Å². The first kappa shape index (κ1) is 14.1. The Morgan fingerprint density at radius 2 is 2.10 bits per heavy atom. The maximum Gasteiger partial charge on any atom is 0.136 e. The molecule has 4 heteroatoms. The van der Waals surface area contributed by atoms with E-state index >= 15 is 0 Å². The molecule has 0 bridgehead atoms.